The number of piperidine rings is 2. The van der Waals surface area contributed by atoms with Crippen molar-refractivity contribution in [3.63, 3.8) is 0 Å². The van der Waals surface area contributed by atoms with Crippen LogP contribution in [-0.2, 0) is 4.74 Å². The first kappa shape index (κ1) is 22.4. The largest absolute Gasteiger partial charge is 0.444 e. The van der Waals surface area contributed by atoms with Crippen molar-refractivity contribution in [2.24, 2.45) is 0 Å². The van der Waals surface area contributed by atoms with Gasteiger partial charge in [0.1, 0.15) is 17.2 Å². The lowest BCUT2D eigenvalue weighted by Crippen LogP contribution is -2.58. The van der Waals surface area contributed by atoms with Crippen LogP contribution >= 0.6 is 0 Å². The number of rotatable bonds is 4. The standard InChI is InChI=1S/C25H33N7O2/c1-15-11-22(31-30-15)28-21-14-20-19(9-6-10-26-20)23(29-21)27-16-12-17-7-5-8-18(13-16)32(17)24(33)34-25(2,3)4/h6,9-11,14,16-18H,5,7-8,12-13H2,1-4H3,(H3,27,28,29,30,31)/t16?,17-,18+. The number of H-pyrrole nitrogens is 1. The Bertz CT molecular complexity index is 1170. The van der Waals surface area contributed by atoms with Crippen LogP contribution < -0.4 is 10.6 Å². The number of hydrogen-bond acceptors (Lipinski definition) is 7. The third-order valence-electron chi connectivity index (χ3n) is 6.48. The number of amides is 1. The molecule has 2 aliphatic heterocycles. The predicted molar refractivity (Wildman–Crippen MR) is 132 cm³/mol. The Kier molecular flexibility index (Phi) is 5.79. The summed E-state index contributed by atoms with van der Waals surface area (Å²) in [6.07, 6.45) is 6.50. The van der Waals surface area contributed by atoms with Crippen LogP contribution in [0.25, 0.3) is 10.9 Å². The van der Waals surface area contributed by atoms with E-state index in [-0.39, 0.29) is 24.2 Å². The van der Waals surface area contributed by atoms with E-state index < -0.39 is 5.60 Å². The molecule has 0 radical (unpaired) electrons. The van der Waals surface area contributed by atoms with Gasteiger partial charge in [0.05, 0.1) is 5.52 Å². The van der Waals surface area contributed by atoms with Crippen LogP contribution in [0.4, 0.5) is 22.2 Å². The average molecular weight is 464 g/mol. The topological polar surface area (TPSA) is 108 Å². The molecule has 3 aromatic rings. The summed E-state index contributed by atoms with van der Waals surface area (Å²) in [4.78, 5) is 24.4. The van der Waals surface area contributed by atoms with E-state index in [2.05, 4.69) is 25.8 Å². The molecule has 5 rings (SSSR count). The lowest BCUT2D eigenvalue weighted by Gasteiger charge is -2.48. The van der Waals surface area contributed by atoms with E-state index in [0.717, 1.165) is 54.5 Å². The summed E-state index contributed by atoms with van der Waals surface area (Å²) < 4.78 is 5.73. The van der Waals surface area contributed by atoms with E-state index >= 15 is 0 Å². The SMILES string of the molecule is Cc1cc(Nc2cc3ncccc3c(NC3C[C@H]4CCC[C@@H](C3)N4C(=O)OC(C)(C)C)n2)n[nH]1. The van der Waals surface area contributed by atoms with E-state index in [9.17, 15) is 4.79 Å². The van der Waals surface area contributed by atoms with Crippen molar-refractivity contribution in [3.8, 4) is 0 Å². The van der Waals surface area contributed by atoms with Gasteiger partial charge in [-0.05, 0) is 71.9 Å². The van der Waals surface area contributed by atoms with E-state index in [4.69, 9.17) is 9.72 Å². The van der Waals surface area contributed by atoms with E-state index in [1.165, 1.54) is 0 Å². The maximum atomic E-state index is 12.9. The Morgan fingerprint density at radius 3 is 2.62 bits per heavy atom. The van der Waals surface area contributed by atoms with Crippen molar-refractivity contribution < 1.29 is 9.53 Å². The first-order valence-electron chi connectivity index (χ1n) is 12.1. The highest BCUT2D eigenvalue weighted by Crippen LogP contribution is 2.37. The van der Waals surface area contributed by atoms with Gasteiger partial charge in [-0.25, -0.2) is 9.78 Å². The molecule has 2 saturated heterocycles. The van der Waals surface area contributed by atoms with Gasteiger partial charge in [0.2, 0.25) is 0 Å². The maximum absolute atomic E-state index is 12.9. The van der Waals surface area contributed by atoms with Crippen LogP contribution in [0.5, 0.6) is 0 Å². The molecule has 0 saturated carbocycles. The summed E-state index contributed by atoms with van der Waals surface area (Å²) in [5.74, 6) is 2.20. The fraction of sp³-hybridized carbons (Fsp3) is 0.520. The van der Waals surface area contributed by atoms with Gasteiger partial charge in [0.15, 0.2) is 5.82 Å². The normalized spacial score (nSPS) is 22.5. The highest BCUT2D eigenvalue weighted by Gasteiger charge is 2.42. The van der Waals surface area contributed by atoms with Gasteiger partial charge in [-0.15, -0.1) is 0 Å². The second-order valence-electron chi connectivity index (χ2n) is 10.4. The summed E-state index contributed by atoms with van der Waals surface area (Å²) in [7, 11) is 0. The van der Waals surface area contributed by atoms with Gasteiger partial charge in [-0.3, -0.25) is 10.1 Å². The van der Waals surface area contributed by atoms with Crippen molar-refractivity contribution in [2.75, 3.05) is 10.6 Å². The Morgan fingerprint density at radius 2 is 1.94 bits per heavy atom. The molecule has 2 fully saturated rings. The van der Waals surface area contributed by atoms with Crippen molar-refractivity contribution in [3.05, 3.63) is 36.2 Å². The number of carbonyl (C=O) groups excluding carboxylic acids is 1. The zero-order valence-corrected chi connectivity index (χ0v) is 20.3. The molecular weight excluding hydrogens is 430 g/mol. The summed E-state index contributed by atoms with van der Waals surface area (Å²) in [6, 6.07) is 8.41. The number of aryl methyl sites for hydroxylation is 1. The quantitative estimate of drug-likeness (QED) is 0.492. The van der Waals surface area contributed by atoms with E-state index in [0.29, 0.717) is 11.6 Å². The van der Waals surface area contributed by atoms with E-state index in [1.54, 1.807) is 6.20 Å². The van der Waals surface area contributed by atoms with Gasteiger partial charge in [-0.2, -0.15) is 5.10 Å². The molecule has 9 nitrogen and oxygen atoms in total. The first-order chi connectivity index (χ1) is 16.2. The number of aromatic amines is 1. The fourth-order valence-electron chi connectivity index (χ4n) is 5.17. The van der Waals surface area contributed by atoms with Crippen LogP contribution in [0.1, 0.15) is 58.6 Å². The molecular formula is C25H33N7O2. The van der Waals surface area contributed by atoms with Gasteiger partial charge < -0.3 is 20.3 Å². The number of nitrogens with one attached hydrogen (secondary N) is 3. The number of aromatic nitrogens is 4. The number of hydrogen-bond donors (Lipinski definition) is 3. The summed E-state index contributed by atoms with van der Waals surface area (Å²) in [5.41, 5.74) is 1.35. The van der Waals surface area contributed by atoms with Gasteiger partial charge in [-0.1, -0.05) is 0 Å². The minimum absolute atomic E-state index is 0.178. The van der Waals surface area contributed by atoms with Crippen molar-refractivity contribution in [1.82, 2.24) is 25.1 Å². The van der Waals surface area contributed by atoms with Gasteiger partial charge in [0, 0.05) is 47.5 Å². The number of fused-ring (bicyclic) bond motifs is 3. The fourth-order valence-corrected chi connectivity index (χ4v) is 5.17. The Morgan fingerprint density at radius 1 is 1.18 bits per heavy atom. The minimum Gasteiger partial charge on any atom is -0.444 e. The Balaban J connectivity index is 1.37. The third kappa shape index (κ3) is 4.78. The minimum atomic E-state index is -0.489. The van der Waals surface area contributed by atoms with Crippen LogP contribution in [0.15, 0.2) is 30.5 Å². The Labute approximate surface area is 199 Å². The Hall–Kier alpha value is -3.36. The monoisotopic (exact) mass is 463 g/mol. The highest BCUT2D eigenvalue weighted by molar-refractivity contribution is 5.91. The lowest BCUT2D eigenvalue weighted by molar-refractivity contribution is -0.0199. The van der Waals surface area contributed by atoms with Crippen molar-refractivity contribution >= 4 is 34.4 Å². The first-order valence-corrected chi connectivity index (χ1v) is 12.1. The molecule has 3 aromatic heterocycles. The molecule has 0 spiro atoms. The molecule has 3 N–H and O–H groups in total. The molecule has 2 aliphatic rings. The van der Waals surface area contributed by atoms with Gasteiger partial charge >= 0.3 is 6.09 Å². The maximum Gasteiger partial charge on any atom is 0.410 e. The third-order valence-corrected chi connectivity index (χ3v) is 6.48. The number of nitrogens with zero attached hydrogens (tertiary/aromatic N) is 4. The molecule has 1 unspecified atom stereocenters. The van der Waals surface area contributed by atoms with Crippen LogP contribution in [0, 0.1) is 6.92 Å². The van der Waals surface area contributed by atoms with Gasteiger partial charge in [0.25, 0.3) is 0 Å². The number of pyridine rings is 2. The van der Waals surface area contributed by atoms with Crippen LogP contribution in [0.3, 0.4) is 0 Å². The zero-order chi connectivity index (χ0) is 23.9. The number of carbonyl (C=O) groups is 1. The second-order valence-corrected chi connectivity index (χ2v) is 10.4. The van der Waals surface area contributed by atoms with E-state index in [1.807, 2.05) is 56.9 Å². The molecule has 0 aromatic carbocycles. The van der Waals surface area contributed by atoms with Crippen molar-refractivity contribution in [2.45, 2.75) is 83.5 Å². The van der Waals surface area contributed by atoms with Crippen molar-refractivity contribution in [1.29, 1.82) is 0 Å². The summed E-state index contributed by atoms with van der Waals surface area (Å²) >= 11 is 0. The number of anilines is 3. The van der Waals surface area contributed by atoms with Crippen LogP contribution in [-0.4, -0.2) is 54.9 Å². The smallest absolute Gasteiger partial charge is 0.410 e. The second kappa shape index (κ2) is 8.77. The zero-order valence-electron chi connectivity index (χ0n) is 20.3. The summed E-state index contributed by atoms with van der Waals surface area (Å²) in [6.45, 7) is 7.72. The molecule has 1 amide bonds. The van der Waals surface area contributed by atoms with Crippen LogP contribution in [0.2, 0.25) is 0 Å². The number of ether oxygens (including phenoxy) is 1. The average Bonchev–Trinajstić information content (AvgIpc) is 3.16. The molecule has 0 aliphatic carbocycles. The molecule has 5 heterocycles. The highest BCUT2D eigenvalue weighted by atomic mass is 16.6. The lowest BCUT2D eigenvalue weighted by atomic mass is 9.82. The molecule has 34 heavy (non-hydrogen) atoms. The molecule has 3 atom stereocenters. The summed E-state index contributed by atoms with van der Waals surface area (Å²) in [5, 5.41) is 15.1. The molecule has 2 bridgehead atoms. The molecule has 9 heteroatoms. The molecule has 180 valence electrons. The predicted octanol–water partition coefficient (Wildman–Crippen LogP) is 5.14.